The number of carbonyl (C=O) groups is 1. The Balaban J connectivity index is 1.91. The summed E-state index contributed by atoms with van der Waals surface area (Å²) in [6.07, 6.45) is 5.37. The van der Waals surface area contributed by atoms with Crippen molar-refractivity contribution in [2.24, 2.45) is 11.8 Å². The Morgan fingerprint density at radius 2 is 2.06 bits per heavy atom. The zero-order chi connectivity index (χ0) is 13.2. The lowest BCUT2D eigenvalue weighted by atomic mass is 9.78. The van der Waals surface area contributed by atoms with Crippen molar-refractivity contribution in [3.05, 3.63) is 0 Å². The van der Waals surface area contributed by atoms with Crippen molar-refractivity contribution < 1.29 is 9.53 Å². The van der Waals surface area contributed by atoms with Gasteiger partial charge in [-0.2, -0.15) is 0 Å². The topological polar surface area (TPSA) is 38.3 Å². The largest absolute Gasteiger partial charge is 0.378 e. The number of hydrogen-bond acceptors (Lipinski definition) is 2. The van der Waals surface area contributed by atoms with Crippen LogP contribution in [0, 0.1) is 11.8 Å². The maximum atomic E-state index is 12.3. The zero-order valence-electron chi connectivity index (χ0n) is 11.4. The molecule has 4 heteroatoms. The molecule has 3 nitrogen and oxygen atoms in total. The minimum absolute atomic E-state index is 0.0134. The van der Waals surface area contributed by atoms with Gasteiger partial charge in [0.2, 0.25) is 5.91 Å². The predicted molar refractivity (Wildman–Crippen MR) is 72.7 cm³/mol. The van der Waals surface area contributed by atoms with E-state index in [0.717, 1.165) is 38.0 Å². The average molecular weight is 274 g/mol. The number of amides is 1. The molecule has 1 aliphatic carbocycles. The average Bonchev–Trinajstić information content (AvgIpc) is 2.79. The first-order valence-corrected chi connectivity index (χ1v) is 7.58. The molecule has 1 N–H and O–H groups in total. The molecule has 1 saturated carbocycles. The van der Waals surface area contributed by atoms with Crippen LogP contribution in [-0.4, -0.2) is 30.0 Å². The van der Waals surface area contributed by atoms with E-state index in [0.29, 0.717) is 12.5 Å². The quantitative estimate of drug-likeness (QED) is 0.803. The van der Waals surface area contributed by atoms with Gasteiger partial charge < -0.3 is 10.1 Å². The van der Waals surface area contributed by atoms with Crippen LogP contribution in [-0.2, 0) is 9.53 Å². The predicted octanol–water partition coefficient (Wildman–Crippen LogP) is 2.72. The van der Waals surface area contributed by atoms with Gasteiger partial charge >= 0.3 is 0 Å². The summed E-state index contributed by atoms with van der Waals surface area (Å²) in [7, 11) is 0. The van der Waals surface area contributed by atoms with Crippen LogP contribution in [0.4, 0.5) is 0 Å². The molecule has 1 aliphatic heterocycles. The number of nitrogens with one attached hydrogen (secondary N) is 1. The maximum Gasteiger partial charge on any atom is 0.226 e. The lowest BCUT2D eigenvalue weighted by Crippen LogP contribution is -2.53. The third-order valence-corrected chi connectivity index (χ3v) is 4.96. The molecule has 104 valence electrons. The van der Waals surface area contributed by atoms with Gasteiger partial charge in [-0.3, -0.25) is 4.79 Å². The minimum atomic E-state index is -0.170. The molecule has 1 amide bonds. The van der Waals surface area contributed by atoms with Crippen molar-refractivity contribution in [1.29, 1.82) is 0 Å². The van der Waals surface area contributed by atoms with Crippen LogP contribution >= 0.6 is 11.6 Å². The standard InChI is InChI=1S/C14H24ClNO2/c1-10-3-5-14(9-15,6-4-10)16-13(17)12-7-11(2)18-8-12/h10-12H,3-9H2,1-2H3,(H,16,17). The van der Waals surface area contributed by atoms with E-state index in [2.05, 4.69) is 12.2 Å². The number of ether oxygens (including phenoxy) is 1. The molecule has 18 heavy (non-hydrogen) atoms. The zero-order valence-corrected chi connectivity index (χ0v) is 12.1. The molecular formula is C14H24ClNO2. The van der Waals surface area contributed by atoms with Crippen molar-refractivity contribution >= 4 is 17.5 Å². The maximum absolute atomic E-state index is 12.3. The molecule has 1 heterocycles. The first kappa shape index (κ1) is 14.1. The summed E-state index contributed by atoms with van der Waals surface area (Å²) in [6.45, 7) is 4.85. The highest BCUT2D eigenvalue weighted by Crippen LogP contribution is 2.33. The van der Waals surface area contributed by atoms with Crippen molar-refractivity contribution in [3.63, 3.8) is 0 Å². The van der Waals surface area contributed by atoms with Gasteiger partial charge in [0.15, 0.2) is 0 Å². The Bertz CT molecular complexity index is 300. The van der Waals surface area contributed by atoms with Crippen LogP contribution in [0.15, 0.2) is 0 Å². The third-order valence-electron chi connectivity index (χ3n) is 4.44. The SMILES string of the molecule is CC1CCC(CCl)(NC(=O)C2COC(C)C2)CC1. The van der Waals surface area contributed by atoms with Gasteiger partial charge in [0.05, 0.1) is 24.2 Å². The van der Waals surface area contributed by atoms with Gasteiger partial charge in [-0.25, -0.2) is 0 Å². The summed E-state index contributed by atoms with van der Waals surface area (Å²) >= 11 is 6.12. The molecule has 2 fully saturated rings. The monoisotopic (exact) mass is 273 g/mol. The minimum Gasteiger partial charge on any atom is -0.378 e. The Morgan fingerprint density at radius 3 is 2.56 bits per heavy atom. The molecule has 2 rings (SSSR count). The molecule has 2 atom stereocenters. The number of carbonyl (C=O) groups excluding carboxylic acids is 1. The normalized spacial score (nSPS) is 40.7. The van der Waals surface area contributed by atoms with Gasteiger partial charge in [-0.1, -0.05) is 6.92 Å². The van der Waals surface area contributed by atoms with Crippen LogP contribution in [0.2, 0.25) is 0 Å². The highest BCUT2D eigenvalue weighted by molar-refractivity contribution is 6.18. The third kappa shape index (κ3) is 3.18. The second-order valence-corrected chi connectivity index (χ2v) is 6.43. The summed E-state index contributed by atoms with van der Waals surface area (Å²) in [5.74, 6) is 1.43. The Hall–Kier alpha value is -0.280. The fraction of sp³-hybridized carbons (Fsp3) is 0.929. The second kappa shape index (κ2) is 5.79. The number of halogens is 1. The van der Waals surface area contributed by atoms with E-state index in [4.69, 9.17) is 16.3 Å². The van der Waals surface area contributed by atoms with Gasteiger partial charge in [0, 0.05) is 5.88 Å². The van der Waals surface area contributed by atoms with E-state index < -0.39 is 0 Å². The molecule has 0 radical (unpaired) electrons. The van der Waals surface area contributed by atoms with Crippen LogP contribution in [0.25, 0.3) is 0 Å². The highest BCUT2D eigenvalue weighted by atomic mass is 35.5. The highest BCUT2D eigenvalue weighted by Gasteiger charge is 2.38. The summed E-state index contributed by atoms with van der Waals surface area (Å²) < 4.78 is 5.47. The molecule has 2 unspecified atom stereocenters. The van der Waals surface area contributed by atoms with Gasteiger partial charge in [0.1, 0.15) is 0 Å². The Labute approximate surface area is 115 Å². The van der Waals surface area contributed by atoms with E-state index in [1.165, 1.54) is 0 Å². The van der Waals surface area contributed by atoms with E-state index in [9.17, 15) is 4.79 Å². The Kier molecular flexibility index (Phi) is 4.54. The molecule has 0 bridgehead atoms. The van der Waals surface area contributed by atoms with Crippen molar-refractivity contribution in [3.8, 4) is 0 Å². The summed E-state index contributed by atoms with van der Waals surface area (Å²) in [5, 5.41) is 3.21. The first-order chi connectivity index (χ1) is 8.54. The van der Waals surface area contributed by atoms with Crippen LogP contribution in [0.5, 0.6) is 0 Å². The molecule has 0 aromatic heterocycles. The van der Waals surface area contributed by atoms with E-state index in [1.807, 2.05) is 6.92 Å². The number of alkyl halides is 1. The summed E-state index contributed by atoms with van der Waals surface area (Å²) in [4.78, 5) is 12.3. The van der Waals surface area contributed by atoms with Crippen LogP contribution in [0.1, 0.15) is 46.0 Å². The molecular weight excluding hydrogens is 250 g/mol. The fourth-order valence-corrected chi connectivity index (χ4v) is 3.30. The molecule has 0 aromatic carbocycles. The van der Waals surface area contributed by atoms with Gasteiger partial charge in [0.25, 0.3) is 0 Å². The lowest BCUT2D eigenvalue weighted by molar-refractivity contribution is -0.127. The number of hydrogen-bond donors (Lipinski definition) is 1. The van der Waals surface area contributed by atoms with Gasteiger partial charge in [-0.05, 0) is 44.9 Å². The van der Waals surface area contributed by atoms with Crippen molar-refractivity contribution in [2.45, 2.75) is 57.6 Å². The van der Waals surface area contributed by atoms with E-state index in [-0.39, 0.29) is 23.5 Å². The van der Waals surface area contributed by atoms with Crippen LogP contribution in [0.3, 0.4) is 0 Å². The molecule has 2 aliphatic rings. The first-order valence-electron chi connectivity index (χ1n) is 7.04. The summed E-state index contributed by atoms with van der Waals surface area (Å²) in [5.41, 5.74) is -0.170. The number of rotatable bonds is 3. The molecule has 0 aromatic rings. The van der Waals surface area contributed by atoms with E-state index >= 15 is 0 Å². The fourth-order valence-electron chi connectivity index (χ4n) is 2.97. The Morgan fingerprint density at radius 1 is 1.39 bits per heavy atom. The molecule has 1 saturated heterocycles. The van der Waals surface area contributed by atoms with E-state index in [1.54, 1.807) is 0 Å². The second-order valence-electron chi connectivity index (χ2n) is 6.16. The smallest absolute Gasteiger partial charge is 0.226 e. The van der Waals surface area contributed by atoms with Crippen molar-refractivity contribution in [2.75, 3.05) is 12.5 Å². The lowest BCUT2D eigenvalue weighted by Gasteiger charge is -2.39. The van der Waals surface area contributed by atoms with Crippen molar-refractivity contribution in [1.82, 2.24) is 5.32 Å². The molecule has 0 spiro atoms. The van der Waals surface area contributed by atoms with Gasteiger partial charge in [-0.15, -0.1) is 11.6 Å². The van der Waals surface area contributed by atoms with Crippen LogP contribution < -0.4 is 5.32 Å². The summed E-state index contributed by atoms with van der Waals surface area (Å²) in [6, 6.07) is 0.